The molecule has 0 aliphatic rings. The van der Waals surface area contributed by atoms with Gasteiger partial charge in [0.15, 0.2) is 28.9 Å². The van der Waals surface area contributed by atoms with Crippen molar-refractivity contribution in [3.63, 3.8) is 0 Å². The molecule has 31 heavy (non-hydrogen) atoms. The summed E-state index contributed by atoms with van der Waals surface area (Å²) in [4.78, 5) is 12.4. The maximum atomic E-state index is 13.8. The molecule has 158 valence electrons. The maximum Gasteiger partial charge on any atom is 0.277 e. The monoisotopic (exact) mass is 430 g/mol. The molecule has 0 spiro atoms. The lowest BCUT2D eigenvalue weighted by molar-refractivity contribution is 0.101. The van der Waals surface area contributed by atoms with Crippen LogP contribution in [0.15, 0.2) is 53.3 Å². The normalized spacial score (nSPS) is 11.0. The number of benzene rings is 2. The van der Waals surface area contributed by atoms with Gasteiger partial charge in [-0.3, -0.25) is 9.48 Å². The highest BCUT2D eigenvalue weighted by Gasteiger charge is 2.20. The van der Waals surface area contributed by atoms with Crippen LogP contribution in [0.2, 0.25) is 0 Å². The van der Waals surface area contributed by atoms with Crippen molar-refractivity contribution in [1.29, 1.82) is 0 Å². The van der Waals surface area contributed by atoms with Crippen LogP contribution in [0, 0.1) is 30.2 Å². The summed E-state index contributed by atoms with van der Waals surface area (Å²) in [7, 11) is 0. The summed E-state index contributed by atoms with van der Waals surface area (Å²) < 4.78 is 60.3. The second-order valence-corrected chi connectivity index (χ2v) is 6.77. The fourth-order valence-corrected chi connectivity index (χ4v) is 2.86. The predicted molar refractivity (Wildman–Crippen MR) is 102 cm³/mol. The van der Waals surface area contributed by atoms with Gasteiger partial charge in [-0.25, -0.2) is 17.6 Å². The van der Waals surface area contributed by atoms with E-state index in [1.54, 1.807) is 0 Å². The molecule has 0 aliphatic heterocycles. The first-order chi connectivity index (χ1) is 14.8. The number of rotatable bonds is 5. The molecule has 6 nitrogen and oxygen atoms in total. The first-order valence-corrected chi connectivity index (χ1v) is 9.01. The van der Waals surface area contributed by atoms with E-state index in [-0.39, 0.29) is 17.4 Å². The van der Waals surface area contributed by atoms with Crippen LogP contribution in [-0.4, -0.2) is 20.8 Å². The second kappa shape index (κ2) is 8.05. The molecule has 2 heterocycles. The Kier molecular flexibility index (Phi) is 5.28. The molecule has 0 bridgehead atoms. The number of anilines is 1. The summed E-state index contributed by atoms with van der Waals surface area (Å²) in [5, 5.41) is 10.1. The van der Waals surface area contributed by atoms with Gasteiger partial charge in [0.1, 0.15) is 5.82 Å². The first-order valence-electron chi connectivity index (χ1n) is 9.01. The van der Waals surface area contributed by atoms with Crippen molar-refractivity contribution < 1.29 is 26.9 Å². The number of hydrogen-bond donors (Lipinski definition) is 1. The van der Waals surface area contributed by atoms with Crippen LogP contribution in [0.1, 0.15) is 21.6 Å². The third kappa shape index (κ3) is 4.18. The molecule has 4 aromatic rings. The Hall–Kier alpha value is -3.95. The summed E-state index contributed by atoms with van der Waals surface area (Å²) in [5.74, 6) is -6.46. The van der Waals surface area contributed by atoms with Crippen molar-refractivity contribution in [2.45, 2.75) is 13.5 Å². The van der Waals surface area contributed by atoms with Gasteiger partial charge in [-0.1, -0.05) is 35.0 Å². The molecule has 1 N–H and O–H groups in total. The number of nitrogens with one attached hydrogen (secondary N) is 1. The van der Waals surface area contributed by atoms with E-state index in [9.17, 15) is 22.4 Å². The van der Waals surface area contributed by atoms with Crippen molar-refractivity contribution >= 4 is 11.6 Å². The molecule has 1 amide bonds. The smallest absolute Gasteiger partial charge is 0.277 e. The van der Waals surface area contributed by atoms with E-state index < -0.39 is 41.3 Å². The van der Waals surface area contributed by atoms with Crippen molar-refractivity contribution in [1.82, 2.24) is 14.9 Å². The van der Waals surface area contributed by atoms with Crippen molar-refractivity contribution in [3.8, 4) is 11.3 Å². The molecule has 10 heteroatoms. The van der Waals surface area contributed by atoms with Crippen LogP contribution >= 0.6 is 0 Å². The lowest BCUT2D eigenvalue weighted by atomic mass is 10.1. The van der Waals surface area contributed by atoms with Gasteiger partial charge in [0, 0.05) is 29.5 Å². The molecule has 0 saturated carbocycles. The quantitative estimate of drug-likeness (QED) is 0.283. The Morgan fingerprint density at radius 1 is 1.06 bits per heavy atom. The Labute approximate surface area is 173 Å². The standard InChI is InChI=1S/C21H14F4N4O2/c1-11-2-4-12(5-3-11)18-7-17(28-31-18)21(30)27-13-8-26-29(9-13)10-14-15(22)6-16(23)20(25)19(14)24/h2-9H,10H2,1H3,(H,27,30). The van der Waals surface area contributed by atoms with Gasteiger partial charge in [0.25, 0.3) is 5.91 Å². The number of hydrogen-bond acceptors (Lipinski definition) is 4. The highest BCUT2D eigenvalue weighted by atomic mass is 19.2. The molecular formula is C21H14F4N4O2. The van der Waals surface area contributed by atoms with Gasteiger partial charge in [-0.05, 0) is 6.92 Å². The van der Waals surface area contributed by atoms with Crippen molar-refractivity contribution in [2.24, 2.45) is 0 Å². The molecule has 0 aliphatic carbocycles. The SMILES string of the molecule is Cc1ccc(-c2cc(C(=O)Nc3cnn(Cc4c(F)cc(F)c(F)c4F)c3)no2)cc1. The molecule has 0 unspecified atom stereocenters. The number of aryl methyl sites for hydroxylation is 1. The molecule has 0 fully saturated rings. The second-order valence-electron chi connectivity index (χ2n) is 6.77. The zero-order valence-corrected chi connectivity index (χ0v) is 16.0. The van der Waals surface area contributed by atoms with Gasteiger partial charge in [0.2, 0.25) is 0 Å². The molecule has 4 rings (SSSR count). The lowest BCUT2D eigenvalue weighted by Gasteiger charge is -2.06. The highest BCUT2D eigenvalue weighted by Crippen LogP contribution is 2.22. The van der Waals surface area contributed by atoms with Crippen molar-refractivity contribution in [3.05, 3.63) is 88.9 Å². The Balaban J connectivity index is 1.47. The molecule has 0 atom stereocenters. The maximum absolute atomic E-state index is 13.8. The average Bonchev–Trinajstić information content (AvgIpc) is 3.40. The minimum absolute atomic E-state index is 0.0148. The van der Waals surface area contributed by atoms with Gasteiger partial charge in [-0.2, -0.15) is 5.10 Å². The number of carbonyl (C=O) groups is 1. The number of amides is 1. The van der Waals surface area contributed by atoms with Crippen LogP contribution in [0.5, 0.6) is 0 Å². The van der Waals surface area contributed by atoms with E-state index in [1.807, 2.05) is 31.2 Å². The van der Waals surface area contributed by atoms with Crippen LogP contribution in [0.25, 0.3) is 11.3 Å². The zero-order valence-electron chi connectivity index (χ0n) is 16.0. The van der Waals surface area contributed by atoms with Gasteiger partial charge in [-0.15, -0.1) is 0 Å². The number of halogens is 4. The number of carbonyl (C=O) groups excluding carboxylic acids is 1. The van der Waals surface area contributed by atoms with E-state index in [4.69, 9.17) is 4.52 Å². The van der Waals surface area contributed by atoms with Crippen LogP contribution < -0.4 is 5.32 Å². The third-order valence-corrected chi connectivity index (χ3v) is 4.50. The Bertz CT molecular complexity index is 1270. The summed E-state index contributed by atoms with van der Waals surface area (Å²) in [6, 6.07) is 9.18. The minimum Gasteiger partial charge on any atom is -0.355 e. The van der Waals surface area contributed by atoms with Crippen molar-refractivity contribution in [2.75, 3.05) is 5.32 Å². The lowest BCUT2D eigenvalue weighted by Crippen LogP contribution is -2.12. The number of nitrogens with zero attached hydrogens (tertiary/aromatic N) is 3. The largest absolute Gasteiger partial charge is 0.355 e. The molecule has 0 saturated heterocycles. The van der Waals surface area contributed by atoms with Gasteiger partial charge < -0.3 is 9.84 Å². The van der Waals surface area contributed by atoms with E-state index in [0.29, 0.717) is 5.76 Å². The van der Waals surface area contributed by atoms with Gasteiger partial charge in [0.05, 0.1) is 18.4 Å². The van der Waals surface area contributed by atoms with E-state index in [1.165, 1.54) is 18.5 Å². The molecule has 0 radical (unpaired) electrons. The summed E-state index contributed by atoms with van der Waals surface area (Å²) in [6.07, 6.45) is 2.51. The predicted octanol–water partition coefficient (Wildman–Crippen LogP) is 4.70. The van der Waals surface area contributed by atoms with E-state index in [0.717, 1.165) is 15.8 Å². The third-order valence-electron chi connectivity index (χ3n) is 4.50. The minimum atomic E-state index is -1.77. The van der Waals surface area contributed by atoms with E-state index >= 15 is 0 Å². The Morgan fingerprint density at radius 2 is 1.81 bits per heavy atom. The van der Waals surface area contributed by atoms with Gasteiger partial charge >= 0.3 is 0 Å². The topological polar surface area (TPSA) is 73.0 Å². The fourth-order valence-electron chi connectivity index (χ4n) is 2.86. The fraction of sp³-hybridized carbons (Fsp3) is 0.0952. The highest BCUT2D eigenvalue weighted by molar-refractivity contribution is 6.03. The summed E-state index contributed by atoms with van der Waals surface area (Å²) in [6.45, 7) is 1.44. The molecule has 2 aromatic heterocycles. The van der Waals surface area contributed by atoms with Crippen LogP contribution in [-0.2, 0) is 6.54 Å². The van der Waals surface area contributed by atoms with Crippen LogP contribution in [0.3, 0.4) is 0 Å². The average molecular weight is 430 g/mol. The summed E-state index contributed by atoms with van der Waals surface area (Å²) >= 11 is 0. The first kappa shape index (κ1) is 20.3. The van der Waals surface area contributed by atoms with Crippen LogP contribution in [0.4, 0.5) is 23.2 Å². The summed E-state index contributed by atoms with van der Waals surface area (Å²) in [5.41, 5.74) is 1.34. The number of aromatic nitrogens is 3. The Morgan fingerprint density at radius 3 is 2.55 bits per heavy atom. The zero-order chi connectivity index (χ0) is 22.1. The molecule has 2 aromatic carbocycles. The molecular weight excluding hydrogens is 416 g/mol. The van der Waals surface area contributed by atoms with E-state index in [2.05, 4.69) is 15.6 Å².